The maximum Gasteiger partial charge on any atom is 0.222 e. The third-order valence-corrected chi connectivity index (χ3v) is 5.23. The molecule has 7 heteroatoms. The Bertz CT molecular complexity index is 424. The van der Waals surface area contributed by atoms with E-state index in [1.54, 1.807) is 0 Å². The van der Waals surface area contributed by atoms with Gasteiger partial charge in [-0.2, -0.15) is 0 Å². The number of hydrogen-bond acceptors (Lipinski definition) is 3. The van der Waals surface area contributed by atoms with Crippen LogP contribution in [0.2, 0.25) is 0 Å². The van der Waals surface area contributed by atoms with Crippen molar-refractivity contribution in [3.8, 4) is 0 Å². The molecule has 2 N–H and O–H groups in total. The van der Waals surface area contributed by atoms with Crippen molar-refractivity contribution in [1.29, 1.82) is 0 Å². The number of rotatable bonds is 6. The lowest BCUT2D eigenvalue weighted by molar-refractivity contribution is -0.129. The summed E-state index contributed by atoms with van der Waals surface area (Å²) in [5, 5.41) is 6.86. The average molecular weight is 465 g/mol. The van der Waals surface area contributed by atoms with Gasteiger partial charge in [-0.3, -0.25) is 9.79 Å². The summed E-state index contributed by atoms with van der Waals surface area (Å²) in [5.41, 5.74) is 0. The van der Waals surface area contributed by atoms with Gasteiger partial charge >= 0.3 is 0 Å². The normalized spacial score (nSPS) is 22.6. The van der Waals surface area contributed by atoms with E-state index in [0.717, 1.165) is 44.4 Å². The molecule has 0 saturated carbocycles. The average Bonchev–Trinajstić information content (AvgIpc) is 3.07. The number of nitrogens with zero attached hydrogens (tertiary/aromatic N) is 3. The van der Waals surface area contributed by atoms with E-state index in [-0.39, 0.29) is 29.9 Å². The fourth-order valence-corrected chi connectivity index (χ4v) is 3.51. The van der Waals surface area contributed by atoms with Crippen molar-refractivity contribution in [2.24, 2.45) is 10.9 Å². The maximum atomic E-state index is 11.7. The van der Waals surface area contributed by atoms with Crippen molar-refractivity contribution in [3.63, 3.8) is 0 Å². The molecule has 0 aliphatic carbocycles. The smallest absolute Gasteiger partial charge is 0.222 e. The first-order valence-corrected chi connectivity index (χ1v) is 9.59. The van der Waals surface area contributed by atoms with Crippen LogP contribution in [0.5, 0.6) is 0 Å². The number of halogens is 1. The van der Waals surface area contributed by atoms with Crippen LogP contribution in [0.1, 0.15) is 46.0 Å². The summed E-state index contributed by atoms with van der Waals surface area (Å²) >= 11 is 0. The Kier molecular flexibility index (Phi) is 10.7. The number of hydrogen-bond donors (Lipinski definition) is 2. The van der Waals surface area contributed by atoms with Gasteiger partial charge in [-0.15, -0.1) is 24.0 Å². The number of nitrogens with one attached hydrogen (secondary N) is 2. The first-order valence-electron chi connectivity index (χ1n) is 9.59. The van der Waals surface area contributed by atoms with Gasteiger partial charge < -0.3 is 20.4 Å². The first kappa shape index (κ1) is 22.5. The van der Waals surface area contributed by atoms with Crippen molar-refractivity contribution >= 4 is 35.8 Å². The number of aliphatic imine (C=N–C) groups is 1. The molecule has 6 nitrogen and oxygen atoms in total. The van der Waals surface area contributed by atoms with E-state index in [4.69, 9.17) is 0 Å². The maximum absolute atomic E-state index is 11.7. The second-order valence-corrected chi connectivity index (χ2v) is 7.20. The number of likely N-dealkylation sites (tertiary alicyclic amines) is 2. The molecule has 2 saturated heterocycles. The number of carbonyl (C=O) groups is 1. The molecule has 1 unspecified atom stereocenters. The highest BCUT2D eigenvalue weighted by Crippen LogP contribution is 2.15. The van der Waals surface area contributed by atoms with Crippen LogP contribution in [-0.2, 0) is 4.79 Å². The molecule has 0 aromatic carbocycles. The quantitative estimate of drug-likeness (QED) is 0.272. The lowest BCUT2D eigenvalue weighted by Crippen LogP contribution is -2.45. The fourth-order valence-electron chi connectivity index (χ4n) is 3.51. The van der Waals surface area contributed by atoms with E-state index in [1.165, 1.54) is 32.5 Å². The third-order valence-electron chi connectivity index (χ3n) is 5.23. The van der Waals surface area contributed by atoms with Gasteiger partial charge in [-0.25, -0.2) is 0 Å². The summed E-state index contributed by atoms with van der Waals surface area (Å²) in [6.45, 7) is 10.5. The summed E-state index contributed by atoms with van der Waals surface area (Å²) < 4.78 is 0. The zero-order valence-electron chi connectivity index (χ0n) is 16.1. The summed E-state index contributed by atoms with van der Waals surface area (Å²) in [6.07, 6.45) is 5.41. The molecule has 2 rings (SSSR count). The second-order valence-electron chi connectivity index (χ2n) is 7.20. The van der Waals surface area contributed by atoms with E-state index >= 15 is 0 Å². The summed E-state index contributed by atoms with van der Waals surface area (Å²) in [6, 6.07) is 0.315. The van der Waals surface area contributed by atoms with Crippen molar-refractivity contribution in [3.05, 3.63) is 0 Å². The molecule has 2 heterocycles. The Morgan fingerprint density at radius 3 is 2.56 bits per heavy atom. The molecule has 0 spiro atoms. The Balaban J connectivity index is 0.00000312. The molecular formula is C18H36IN5O. The summed E-state index contributed by atoms with van der Waals surface area (Å²) in [7, 11) is 1.81. The lowest BCUT2D eigenvalue weighted by Gasteiger charge is -2.30. The van der Waals surface area contributed by atoms with Gasteiger partial charge in [0.05, 0.1) is 0 Å². The Labute approximate surface area is 170 Å². The van der Waals surface area contributed by atoms with Crippen LogP contribution in [-0.4, -0.2) is 74.0 Å². The van der Waals surface area contributed by atoms with Crippen LogP contribution < -0.4 is 10.6 Å². The zero-order chi connectivity index (χ0) is 17.4. The number of guanidine groups is 1. The summed E-state index contributed by atoms with van der Waals surface area (Å²) in [5.74, 6) is 2.00. The lowest BCUT2D eigenvalue weighted by atomic mass is 9.99. The zero-order valence-corrected chi connectivity index (χ0v) is 18.4. The standard InChI is InChI=1S/C18H35N5O.HI/c1-4-17(24)23-13-8-16(14-23)21-18(19-3)20-9-5-10-22-11-6-15(2)7-12-22;/h15-16H,4-14H2,1-3H3,(H2,19,20,21);1H. The number of piperidine rings is 1. The SMILES string of the molecule is CCC(=O)N1CCC(NC(=NC)NCCCN2CCC(C)CC2)C1.I. The van der Waals surface area contributed by atoms with Crippen LogP contribution in [0, 0.1) is 5.92 Å². The molecule has 2 fully saturated rings. The van der Waals surface area contributed by atoms with Crippen molar-refractivity contribution in [2.75, 3.05) is 46.3 Å². The van der Waals surface area contributed by atoms with Crippen molar-refractivity contribution < 1.29 is 4.79 Å². The molecule has 0 aromatic heterocycles. The number of amides is 1. The van der Waals surface area contributed by atoms with Gasteiger partial charge in [-0.1, -0.05) is 13.8 Å². The molecule has 146 valence electrons. The monoisotopic (exact) mass is 465 g/mol. The first-order chi connectivity index (χ1) is 11.6. The molecule has 0 bridgehead atoms. The predicted octanol–water partition coefficient (Wildman–Crippen LogP) is 1.90. The fraction of sp³-hybridized carbons (Fsp3) is 0.889. The minimum atomic E-state index is 0. The van der Waals surface area contributed by atoms with E-state index in [2.05, 4.69) is 27.4 Å². The third kappa shape index (κ3) is 7.68. The molecule has 2 aliphatic rings. The number of carbonyl (C=O) groups excluding carboxylic acids is 1. The highest BCUT2D eigenvalue weighted by atomic mass is 127. The largest absolute Gasteiger partial charge is 0.356 e. The highest BCUT2D eigenvalue weighted by Gasteiger charge is 2.25. The van der Waals surface area contributed by atoms with Crippen LogP contribution in [0.15, 0.2) is 4.99 Å². The molecule has 2 aliphatic heterocycles. The van der Waals surface area contributed by atoms with Gasteiger partial charge in [-0.05, 0) is 51.2 Å². The highest BCUT2D eigenvalue weighted by molar-refractivity contribution is 14.0. The van der Waals surface area contributed by atoms with Crippen LogP contribution >= 0.6 is 24.0 Å². The van der Waals surface area contributed by atoms with Crippen molar-refractivity contribution in [2.45, 2.75) is 52.0 Å². The van der Waals surface area contributed by atoms with E-state index in [9.17, 15) is 4.79 Å². The Morgan fingerprint density at radius 2 is 1.92 bits per heavy atom. The summed E-state index contributed by atoms with van der Waals surface area (Å²) in [4.78, 5) is 20.6. The van der Waals surface area contributed by atoms with Gasteiger partial charge in [0, 0.05) is 39.1 Å². The van der Waals surface area contributed by atoms with Crippen LogP contribution in [0.3, 0.4) is 0 Å². The predicted molar refractivity (Wildman–Crippen MR) is 115 cm³/mol. The molecule has 0 radical (unpaired) electrons. The van der Waals surface area contributed by atoms with Gasteiger partial charge in [0.2, 0.25) is 5.91 Å². The molecular weight excluding hydrogens is 429 g/mol. The molecule has 1 amide bonds. The van der Waals surface area contributed by atoms with Gasteiger partial charge in [0.1, 0.15) is 0 Å². The minimum Gasteiger partial charge on any atom is -0.356 e. The topological polar surface area (TPSA) is 60.0 Å². The Hall–Kier alpha value is -0.570. The second kappa shape index (κ2) is 11.9. The van der Waals surface area contributed by atoms with Crippen LogP contribution in [0.25, 0.3) is 0 Å². The minimum absolute atomic E-state index is 0. The van der Waals surface area contributed by atoms with Crippen molar-refractivity contribution in [1.82, 2.24) is 20.4 Å². The van der Waals surface area contributed by atoms with Gasteiger partial charge in [0.25, 0.3) is 0 Å². The molecule has 1 atom stereocenters. The van der Waals surface area contributed by atoms with E-state index < -0.39 is 0 Å². The van der Waals surface area contributed by atoms with E-state index in [1.807, 2.05) is 18.9 Å². The Morgan fingerprint density at radius 1 is 1.20 bits per heavy atom. The van der Waals surface area contributed by atoms with E-state index in [0.29, 0.717) is 12.5 Å². The van der Waals surface area contributed by atoms with Crippen LogP contribution in [0.4, 0.5) is 0 Å². The molecule has 0 aromatic rings. The van der Waals surface area contributed by atoms with Gasteiger partial charge in [0.15, 0.2) is 5.96 Å². The molecule has 25 heavy (non-hydrogen) atoms.